The molecule has 1 aromatic carbocycles. The zero-order valence-electron chi connectivity index (χ0n) is 16.0. The lowest BCUT2D eigenvalue weighted by Gasteiger charge is -2.33. The number of piperidine rings is 1. The van der Waals surface area contributed by atoms with Gasteiger partial charge in [-0.25, -0.2) is 4.79 Å². The summed E-state index contributed by atoms with van der Waals surface area (Å²) in [4.78, 5) is 14.7. The third-order valence-electron chi connectivity index (χ3n) is 5.92. The van der Waals surface area contributed by atoms with Crippen LogP contribution in [-0.2, 0) is 17.6 Å². The van der Waals surface area contributed by atoms with E-state index in [1.165, 1.54) is 17.5 Å². The van der Waals surface area contributed by atoms with Gasteiger partial charge in [-0.05, 0) is 48.8 Å². The molecule has 1 atom stereocenters. The van der Waals surface area contributed by atoms with Gasteiger partial charge in [0.05, 0.1) is 13.2 Å². The Balaban J connectivity index is 1.12. The molecule has 2 fully saturated rings. The van der Waals surface area contributed by atoms with Gasteiger partial charge in [-0.3, -0.25) is 0 Å². The Morgan fingerprint density at radius 1 is 1.19 bits per heavy atom. The van der Waals surface area contributed by atoms with Crippen LogP contribution in [0.5, 0.6) is 5.75 Å². The van der Waals surface area contributed by atoms with E-state index in [0.29, 0.717) is 18.5 Å². The molecule has 2 amide bonds. The molecule has 3 aliphatic heterocycles. The molecule has 1 unspecified atom stereocenters. The van der Waals surface area contributed by atoms with Gasteiger partial charge in [0, 0.05) is 45.2 Å². The monoisotopic (exact) mass is 373 g/mol. The number of benzene rings is 1. The number of hydrogen-bond donors (Lipinski definition) is 2. The average Bonchev–Trinajstić information content (AvgIpc) is 3.34. The maximum absolute atomic E-state index is 12.2. The van der Waals surface area contributed by atoms with Crippen LogP contribution < -0.4 is 15.4 Å². The summed E-state index contributed by atoms with van der Waals surface area (Å²) in [6, 6.07) is 6.59. The summed E-state index contributed by atoms with van der Waals surface area (Å²) >= 11 is 0. The van der Waals surface area contributed by atoms with Gasteiger partial charge in [0.15, 0.2) is 0 Å². The summed E-state index contributed by atoms with van der Waals surface area (Å²) in [5, 5.41) is 6.14. The predicted octanol–water partition coefficient (Wildman–Crippen LogP) is 1.96. The zero-order valence-corrected chi connectivity index (χ0v) is 16.0. The van der Waals surface area contributed by atoms with Crippen molar-refractivity contribution in [1.29, 1.82) is 0 Å². The number of nitrogens with one attached hydrogen (secondary N) is 2. The summed E-state index contributed by atoms with van der Waals surface area (Å²) in [5.74, 6) is 1.71. The summed E-state index contributed by atoms with van der Waals surface area (Å²) in [7, 11) is 0. The van der Waals surface area contributed by atoms with Gasteiger partial charge < -0.3 is 25.0 Å². The highest BCUT2D eigenvalue weighted by molar-refractivity contribution is 5.74. The number of ether oxygens (including phenoxy) is 2. The van der Waals surface area contributed by atoms with Gasteiger partial charge in [-0.1, -0.05) is 12.1 Å². The van der Waals surface area contributed by atoms with E-state index in [1.807, 2.05) is 6.07 Å². The molecule has 0 aromatic heterocycles. The molecule has 3 aliphatic rings. The second kappa shape index (κ2) is 8.93. The van der Waals surface area contributed by atoms with Gasteiger partial charge in [0.25, 0.3) is 0 Å². The molecule has 0 bridgehead atoms. The molecule has 1 aromatic rings. The number of hydrogen-bond acceptors (Lipinski definition) is 4. The fourth-order valence-corrected chi connectivity index (χ4v) is 4.30. The summed E-state index contributed by atoms with van der Waals surface area (Å²) in [6.07, 6.45) is 5.10. The molecular weight excluding hydrogens is 342 g/mol. The van der Waals surface area contributed by atoms with Crippen molar-refractivity contribution in [1.82, 2.24) is 15.5 Å². The SMILES string of the molecule is O=C(NCCc1ccc2c(c1)CCO2)NC1CCN(CC2CCOC2)CC1. The van der Waals surface area contributed by atoms with Crippen LogP contribution >= 0.6 is 0 Å². The molecular formula is C21H31N3O3. The van der Waals surface area contributed by atoms with E-state index >= 15 is 0 Å². The Labute approximate surface area is 161 Å². The third kappa shape index (κ3) is 5.14. The van der Waals surface area contributed by atoms with Crippen molar-refractivity contribution in [2.45, 2.75) is 38.1 Å². The predicted molar refractivity (Wildman–Crippen MR) is 104 cm³/mol. The Kier molecular flexibility index (Phi) is 6.14. The van der Waals surface area contributed by atoms with E-state index in [0.717, 1.165) is 70.9 Å². The molecule has 27 heavy (non-hydrogen) atoms. The lowest BCUT2D eigenvalue weighted by atomic mass is 10.0. The summed E-state index contributed by atoms with van der Waals surface area (Å²) in [6.45, 7) is 6.56. The van der Waals surface area contributed by atoms with E-state index in [4.69, 9.17) is 9.47 Å². The molecule has 4 rings (SSSR count). The molecule has 0 aliphatic carbocycles. The highest BCUT2D eigenvalue weighted by atomic mass is 16.5. The minimum Gasteiger partial charge on any atom is -0.493 e. The second-order valence-electron chi connectivity index (χ2n) is 8.00. The quantitative estimate of drug-likeness (QED) is 0.800. The Morgan fingerprint density at radius 3 is 2.89 bits per heavy atom. The molecule has 6 nitrogen and oxygen atoms in total. The van der Waals surface area contributed by atoms with E-state index < -0.39 is 0 Å². The van der Waals surface area contributed by atoms with Crippen molar-refractivity contribution in [3.05, 3.63) is 29.3 Å². The Hall–Kier alpha value is -1.79. The average molecular weight is 373 g/mol. The first-order chi connectivity index (χ1) is 13.3. The lowest BCUT2D eigenvalue weighted by molar-refractivity contribution is 0.148. The first kappa shape index (κ1) is 18.6. The van der Waals surface area contributed by atoms with Crippen LogP contribution in [-0.4, -0.2) is 63.0 Å². The van der Waals surface area contributed by atoms with Gasteiger partial charge in [0.1, 0.15) is 5.75 Å². The maximum atomic E-state index is 12.2. The molecule has 2 N–H and O–H groups in total. The smallest absolute Gasteiger partial charge is 0.315 e. The van der Waals surface area contributed by atoms with Crippen LogP contribution in [0.2, 0.25) is 0 Å². The zero-order chi connectivity index (χ0) is 18.5. The van der Waals surface area contributed by atoms with Gasteiger partial charge in [-0.2, -0.15) is 0 Å². The number of fused-ring (bicyclic) bond motifs is 1. The first-order valence-electron chi connectivity index (χ1n) is 10.4. The summed E-state index contributed by atoms with van der Waals surface area (Å²) in [5.41, 5.74) is 2.54. The fraction of sp³-hybridized carbons (Fsp3) is 0.667. The van der Waals surface area contributed by atoms with Gasteiger partial charge >= 0.3 is 6.03 Å². The van der Waals surface area contributed by atoms with Crippen LogP contribution in [0.4, 0.5) is 4.79 Å². The van der Waals surface area contributed by atoms with Gasteiger partial charge in [-0.15, -0.1) is 0 Å². The largest absolute Gasteiger partial charge is 0.493 e. The number of carbonyl (C=O) groups is 1. The molecule has 3 heterocycles. The fourth-order valence-electron chi connectivity index (χ4n) is 4.30. The standard InChI is InChI=1S/C21H31N3O3/c25-21(22-8-3-16-1-2-20-18(13-16)7-12-27-20)23-19-4-9-24(10-5-19)14-17-6-11-26-15-17/h1-2,13,17,19H,3-12,14-15H2,(H2,22,23,25). The van der Waals surface area contributed by atoms with Crippen molar-refractivity contribution >= 4 is 6.03 Å². The third-order valence-corrected chi connectivity index (χ3v) is 5.92. The minimum absolute atomic E-state index is 0.0397. The number of likely N-dealkylation sites (tertiary alicyclic amines) is 1. The maximum Gasteiger partial charge on any atom is 0.315 e. The molecule has 2 saturated heterocycles. The van der Waals surface area contributed by atoms with Crippen LogP contribution in [0.25, 0.3) is 0 Å². The normalized spacial score (nSPS) is 23.0. The molecule has 0 spiro atoms. The lowest BCUT2D eigenvalue weighted by Crippen LogP contribution is -2.48. The van der Waals surface area contributed by atoms with Crippen molar-refractivity contribution in [3.63, 3.8) is 0 Å². The molecule has 148 valence electrons. The van der Waals surface area contributed by atoms with Crippen molar-refractivity contribution in [2.75, 3.05) is 46.0 Å². The number of nitrogens with zero attached hydrogens (tertiary/aromatic N) is 1. The van der Waals surface area contributed by atoms with Crippen molar-refractivity contribution < 1.29 is 14.3 Å². The first-order valence-corrected chi connectivity index (χ1v) is 10.4. The van der Waals surface area contributed by atoms with E-state index in [-0.39, 0.29) is 6.03 Å². The van der Waals surface area contributed by atoms with Crippen molar-refractivity contribution in [3.8, 4) is 5.75 Å². The number of carbonyl (C=O) groups excluding carboxylic acids is 1. The van der Waals surface area contributed by atoms with Crippen molar-refractivity contribution in [2.24, 2.45) is 5.92 Å². The van der Waals surface area contributed by atoms with Crippen LogP contribution in [0.3, 0.4) is 0 Å². The Bertz CT molecular complexity index is 638. The number of amides is 2. The molecule has 6 heteroatoms. The number of urea groups is 1. The topological polar surface area (TPSA) is 62.8 Å². The van der Waals surface area contributed by atoms with E-state index in [9.17, 15) is 4.79 Å². The molecule has 0 saturated carbocycles. The highest BCUT2D eigenvalue weighted by Crippen LogP contribution is 2.25. The Morgan fingerprint density at radius 2 is 2.07 bits per heavy atom. The van der Waals surface area contributed by atoms with E-state index in [2.05, 4.69) is 27.7 Å². The second-order valence-corrected chi connectivity index (χ2v) is 8.00. The van der Waals surface area contributed by atoms with E-state index in [1.54, 1.807) is 0 Å². The minimum atomic E-state index is -0.0397. The molecule has 0 radical (unpaired) electrons. The van der Waals surface area contributed by atoms with Crippen LogP contribution in [0.1, 0.15) is 30.4 Å². The van der Waals surface area contributed by atoms with Crippen LogP contribution in [0, 0.1) is 5.92 Å². The number of rotatable bonds is 6. The highest BCUT2D eigenvalue weighted by Gasteiger charge is 2.24. The van der Waals surface area contributed by atoms with Crippen LogP contribution in [0.15, 0.2) is 18.2 Å². The summed E-state index contributed by atoms with van der Waals surface area (Å²) < 4.78 is 11.0. The van der Waals surface area contributed by atoms with Gasteiger partial charge in [0.2, 0.25) is 0 Å².